The summed E-state index contributed by atoms with van der Waals surface area (Å²) >= 11 is 0. The van der Waals surface area contributed by atoms with Crippen LogP contribution >= 0.6 is 0 Å². The van der Waals surface area contributed by atoms with Gasteiger partial charge in [-0.05, 0) is 48.4 Å². The predicted molar refractivity (Wildman–Crippen MR) is 97.8 cm³/mol. The van der Waals surface area contributed by atoms with E-state index in [1.165, 1.54) is 0 Å². The molecule has 0 saturated carbocycles. The van der Waals surface area contributed by atoms with Gasteiger partial charge in [0.1, 0.15) is 0 Å². The second-order valence-corrected chi connectivity index (χ2v) is 5.77. The molecule has 0 aliphatic heterocycles. The van der Waals surface area contributed by atoms with Crippen LogP contribution in [0.1, 0.15) is 31.8 Å². The van der Waals surface area contributed by atoms with E-state index in [1.54, 1.807) is 42.7 Å². The van der Waals surface area contributed by atoms with Crippen molar-refractivity contribution in [3.05, 3.63) is 95.3 Å². The van der Waals surface area contributed by atoms with Crippen LogP contribution in [-0.2, 0) is 6.42 Å². The van der Waals surface area contributed by atoms with Gasteiger partial charge in [-0.2, -0.15) is 0 Å². The molecule has 4 heteroatoms. The minimum absolute atomic E-state index is 0.0492. The first-order valence-electron chi connectivity index (χ1n) is 8.03. The molecule has 0 bridgehead atoms. The third kappa shape index (κ3) is 3.98. The molecule has 3 aromatic rings. The van der Waals surface area contributed by atoms with Crippen LogP contribution in [0.25, 0.3) is 0 Å². The highest BCUT2D eigenvalue weighted by Crippen LogP contribution is 2.19. The molecule has 1 aromatic heterocycles. The number of nitrogens with one attached hydrogen (secondary N) is 1. The maximum absolute atomic E-state index is 12.6. The number of carbonyl (C=O) groups excluding carboxylic acids is 2. The Labute approximate surface area is 146 Å². The first-order valence-corrected chi connectivity index (χ1v) is 8.03. The molecule has 0 fully saturated rings. The number of rotatable bonds is 5. The molecule has 1 N–H and O–H groups in total. The molecule has 0 unspecified atom stereocenters. The second kappa shape index (κ2) is 7.53. The van der Waals surface area contributed by atoms with Crippen LogP contribution in [0.4, 0.5) is 5.69 Å². The van der Waals surface area contributed by atoms with Crippen molar-refractivity contribution in [3.63, 3.8) is 0 Å². The van der Waals surface area contributed by atoms with Crippen molar-refractivity contribution >= 4 is 17.4 Å². The number of Topliss-reactive ketones (excluding diaryl/α,β-unsaturated/α-hetero) is 1. The minimum Gasteiger partial charge on any atom is -0.321 e. The number of ketones is 1. The molecule has 0 spiro atoms. The van der Waals surface area contributed by atoms with E-state index in [-0.39, 0.29) is 18.1 Å². The van der Waals surface area contributed by atoms with E-state index in [4.69, 9.17) is 0 Å². The largest absolute Gasteiger partial charge is 0.321 e. The zero-order valence-corrected chi connectivity index (χ0v) is 13.9. The summed E-state index contributed by atoms with van der Waals surface area (Å²) in [6.45, 7) is 1.88. The number of para-hydroxylation sites is 1. The molecule has 25 heavy (non-hydrogen) atoms. The standard InChI is InChI=1S/C21H18N2O2/c1-15-6-2-3-7-17(15)21(25)23-19-9-5-4-8-18(19)20(24)14-16-10-12-22-13-11-16/h2-13H,14H2,1H3,(H,23,25). The number of anilines is 1. The Bertz CT molecular complexity index is 905. The number of carbonyl (C=O) groups is 2. The Balaban J connectivity index is 1.82. The summed E-state index contributed by atoms with van der Waals surface area (Å²) in [6.07, 6.45) is 3.59. The van der Waals surface area contributed by atoms with Crippen LogP contribution in [-0.4, -0.2) is 16.7 Å². The van der Waals surface area contributed by atoms with Crippen LogP contribution in [0.5, 0.6) is 0 Å². The predicted octanol–water partition coefficient (Wildman–Crippen LogP) is 4.07. The van der Waals surface area contributed by atoms with Crippen molar-refractivity contribution in [2.24, 2.45) is 0 Å². The molecule has 124 valence electrons. The van der Waals surface area contributed by atoms with E-state index in [9.17, 15) is 9.59 Å². The lowest BCUT2D eigenvalue weighted by Crippen LogP contribution is -2.16. The molecule has 0 aliphatic rings. The normalized spacial score (nSPS) is 10.3. The molecular weight excluding hydrogens is 312 g/mol. The third-order valence-corrected chi connectivity index (χ3v) is 3.98. The van der Waals surface area contributed by atoms with Gasteiger partial charge in [0.15, 0.2) is 5.78 Å². The third-order valence-electron chi connectivity index (χ3n) is 3.98. The number of hydrogen-bond acceptors (Lipinski definition) is 3. The van der Waals surface area contributed by atoms with Gasteiger partial charge in [-0.1, -0.05) is 30.3 Å². The maximum Gasteiger partial charge on any atom is 0.255 e. The van der Waals surface area contributed by atoms with Gasteiger partial charge in [0.25, 0.3) is 5.91 Å². The van der Waals surface area contributed by atoms with Crippen molar-refractivity contribution < 1.29 is 9.59 Å². The number of aryl methyl sites for hydroxylation is 1. The van der Waals surface area contributed by atoms with Gasteiger partial charge in [0.2, 0.25) is 0 Å². The SMILES string of the molecule is Cc1ccccc1C(=O)Nc1ccccc1C(=O)Cc1ccncc1. The summed E-state index contributed by atoms with van der Waals surface area (Å²) in [7, 11) is 0. The Morgan fingerprint density at radius 1 is 0.880 bits per heavy atom. The Morgan fingerprint density at radius 3 is 2.24 bits per heavy atom. The van der Waals surface area contributed by atoms with Crippen molar-refractivity contribution in [2.75, 3.05) is 5.32 Å². The lowest BCUT2D eigenvalue weighted by Gasteiger charge is -2.11. The monoisotopic (exact) mass is 330 g/mol. The fourth-order valence-corrected chi connectivity index (χ4v) is 2.63. The summed E-state index contributed by atoms with van der Waals surface area (Å²) in [5, 5.41) is 2.86. The first kappa shape index (κ1) is 16.6. The van der Waals surface area contributed by atoms with Crippen LogP contribution in [0.15, 0.2) is 73.1 Å². The second-order valence-electron chi connectivity index (χ2n) is 5.77. The average Bonchev–Trinajstić information content (AvgIpc) is 2.63. The zero-order valence-electron chi connectivity index (χ0n) is 13.9. The number of hydrogen-bond donors (Lipinski definition) is 1. The lowest BCUT2D eigenvalue weighted by atomic mass is 10.0. The molecular formula is C21H18N2O2. The number of nitrogens with zero attached hydrogens (tertiary/aromatic N) is 1. The summed E-state index contributed by atoms with van der Waals surface area (Å²) in [5.41, 5.74) is 3.40. The van der Waals surface area contributed by atoms with E-state index in [0.29, 0.717) is 16.8 Å². The fourth-order valence-electron chi connectivity index (χ4n) is 2.63. The Hall–Kier alpha value is -3.27. The van der Waals surface area contributed by atoms with E-state index in [1.807, 2.05) is 37.3 Å². The van der Waals surface area contributed by atoms with E-state index in [0.717, 1.165) is 11.1 Å². The minimum atomic E-state index is -0.220. The Kier molecular flexibility index (Phi) is 5.00. The Morgan fingerprint density at radius 2 is 1.52 bits per heavy atom. The van der Waals surface area contributed by atoms with Crippen LogP contribution < -0.4 is 5.32 Å². The van der Waals surface area contributed by atoms with Gasteiger partial charge in [-0.25, -0.2) is 0 Å². The molecule has 1 amide bonds. The van der Waals surface area contributed by atoms with Crippen molar-refractivity contribution in [2.45, 2.75) is 13.3 Å². The molecule has 0 saturated heterocycles. The van der Waals surface area contributed by atoms with Crippen LogP contribution in [0, 0.1) is 6.92 Å². The summed E-state index contributed by atoms with van der Waals surface area (Å²) < 4.78 is 0. The lowest BCUT2D eigenvalue weighted by molar-refractivity contribution is 0.0994. The van der Waals surface area contributed by atoms with Crippen LogP contribution in [0.2, 0.25) is 0 Å². The van der Waals surface area contributed by atoms with Gasteiger partial charge in [0.05, 0.1) is 5.69 Å². The number of benzene rings is 2. The molecule has 0 atom stereocenters. The highest BCUT2D eigenvalue weighted by molar-refractivity contribution is 6.10. The molecule has 0 aliphatic carbocycles. The van der Waals surface area contributed by atoms with Crippen molar-refractivity contribution in [1.29, 1.82) is 0 Å². The van der Waals surface area contributed by atoms with Gasteiger partial charge in [-0.15, -0.1) is 0 Å². The smallest absolute Gasteiger partial charge is 0.255 e. The molecule has 3 rings (SSSR count). The van der Waals surface area contributed by atoms with Gasteiger partial charge < -0.3 is 5.32 Å². The summed E-state index contributed by atoms with van der Waals surface area (Å²) in [5.74, 6) is -0.269. The highest BCUT2D eigenvalue weighted by Gasteiger charge is 2.15. The first-order chi connectivity index (χ1) is 12.1. The number of amides is 1. The van der Waals surface area contributed by atoms with Crippen LogP contribution in [0.3, 0.4) is 0 Å². The molecule has 2 aromatic carbocycles. The molecule has 1 heterocycles. The van der Waals surface area contributed by atoms with Gasteiger partial charge in [-0.3, -0.25) is 14.6 Å². The summed E-state index contributed by atoms with van der Waals surface area (Å²) in [4.78, 5) is 29.1. The summed E-state index contributed by atoms with van der Waals surface area (Å²) in [6, 6.07) is 18.1. The topological polar surface area (TPSA) is 59.1 Å². The van der Waals surface area contributed by atoms with Crippen molar-refractivity contribution in [3.8, 4) is 0 Å². The average molecular weight is 330 g/mol. The molecule has 0 radical (unpaired) electrons. The fraction of sp³-hybridized carbons (Fsp3) is 0.0952. The van der Waals surface area contributed by atoms with E-state index < -0.39 is 0 Å². The highest BCUT2D eigenvalue weighted by atomic mass is 16.1. The van der Waals surface area contributed by atoms with Gasteiger partial charge >= 0.3 is 0 Å². The zero-order chi connectivity index (χ0) is 17.6. The maximum atomic E-state index is 12.6. The van der Waals surface area contributed by atoms with Gasteiger partial charge in [0, 0.05) is 29.9 Å². The molecule has 4 nitrogen and oxygen atoms in total. The number of aromatic nitrogens is 1. The number of pyridine rings is 1. The van der Waals surface area contributed by atoms with Crippen molar-refractivity contribution in [1.82, 2.24) is 4.98 Å². The van der Waals surface area contributed by atoms with E-state index in [2.05, 4.69) is 10.3 Å². The quantitative estimate of drug-likeness (QED) is 0.718. The van der Waals surface area contributed by atoms with E-state index >= 15 is 0 Å².